The van der Waals surface area contributed by atoms with Crippen molar-refractivity contribution in [3.8, 4) is 0 Å². The molecule has 10 nitrogen and oxygen atoms in total. The smallest absolute Gasteiger partial charge is 0.279 e. The summed E-state index contributed by atoms with van der Waals surface area (Å²) in [5.74, 6) is 0.163. The number of aryl methyl sites for hydroxylation is 2. The number of carbonyl (C=O) groups excluding carboxylic acids is 1. The van der Waals surface area contributed by atoms with Gasteiger partial charge in [0.25, 0.3) is 11.5 Å². The fourth-order valence-electron chi connectivity index (χ4n) is 4.28. The molecule has 11 heteroatoms. The predicted octanol–water partition coefficient (Wildman–Crippen LogP) is 0.331. The van der Waals surface area contributed by atoms with E-state index >= 15 is 0 Å². The van der Waals surface area contributed by atoms with Crippen molar-refractivity contribution in [2.24, 2.45) is 7.05 Å². The lowest BCUT2D eigenvalue weighted by molar-refractivity contribution is -0.128. The van der Waals surface area contributed by atoms with Crippen molar-refractivity contribution in [1.82, 2.24) is 27.8 Å². The average Bonchev–Trinajstić information content (AvgIpc) is 3.20. The van der Waals surface area contributed by atoms with Crippen molar-refractivity contribution in [1.29, 1.82) is 0 Å². The van der Waals surface area contributed by atoms with E-state index in [0.717, 1.165) is 22.7 Å². The molecular weight excluding hydrogens is 396 g/mol. The van der Waals surface area contributed by atoms with Crippen LogP contribution in [0.4, 0.5) is 0 Å². The maximum Gasteiger partial charge on any atom is 0.307 e. The highest BCUT2D eigenvalue weighted by molar-refractivity contribution is 7.87. The molecule has 4 heterocycles. The molecule has 2 aromatic heterocycles. The van der Waals surface area contributed by atoms with E-state index in [1.165, 1.54) is 8.87 Å². The van der Waals surface area contributed by atoms with Crippen LogP contribution >= 0.6 is 0 Å². The molecule has 3 aromatic rings. The number of hydrogen-bond donors (Lipinski definition) is 0. The summed E-state index contributed by atoms with van der Waals surface area (Å²) in [5.41, 5.74) is 1.30. The Balaban J connectivity index is 1.68. The van der Waals surface area contributed by atoms with Gasteiger partial charge in [-0.3, -0.25) is 18.6 Å². The highest BCUT2D eigenvalue weighted by Gasteiger charge is 2.51. The maximum atomic E-state index is 12.9. The van der Waals surface area contributed by atoms with Crippen LogP contribution in [0.25, 0.3) is 16.7 Å². The van der Waals surface area contributed by atoms with Crippen LogP contribution in [0, 0.1) is 6.92 Å². The molecule has 0 aliphatic carbocycles. The van der Waals surface area contributed by atoms with E-state index in [4.69, 9.17) is 0 Å². The topological polar surface area (TPSA) is 110 Å². The minimum atomic E-state index is -3.89. The Hall–Kier alpha value is -2.79. The summed E-state index contributed by atoms with van der Waals surface area (Å²) in [5, 5.41) is 8.69. The number of fused-ring (bicyclic) bond motifs is 4. The Morgan fingerprint density at radius 1 is 1.17 bits per heavy atom. The molecule has 5 rings (SSSR count). The summed E-state index contributed by atoms with van der Waals surface area (Å²) in [6.07, 6.45) is 2.11. The monoisotopic (exact) mass is 416 g/mol. The maximum absolute atomic E-state index is 12.9. The molecule has 1 atom stereocenters. The molecule has 0 bridgehead atoms. The van der Waals surface area contributed by atoms with Crippen LogP contribution in [-0.2, 0) is 28.6 Å². The number of rotatable bonds is 2. The van der Waals surface area contributed by atoms with Crippen molar-refractivity contribution in [2.75, 3.05) is 6.54 Å². The molecule has 0 N–H and O–H groups in total. The molecule has 0 saturated carbocycles. The summed E-state index contributed by atoms with van der Waals surface area (Å²) in [7, 11) is -2.30. The molecule has 2 aliphatic rings. The molecule has 29 heavy (non-hydrogen) atoms. The molecule has 2 fully saturated rings. The number of benzene rings is 1. The van der Waals surface area contributed by atoms with Gasteiger partial charge in [-0.1, -0.05) is 18.1 Å². The highest BCUT2D eigenvalue weighted by atomic mass is 32.2. The van der Waals surface area contributed by atoms with Crippen molar-refractivity contribution >= 4 is 32.8 Å². The lowest BCUT2D eigenvalue weighted by atomic mass is 10.0. The third-order valence-electron chi connectivity index (χ3n) is 5.79. The van der Waals surface area contributed by atoms with Gasteiger partial charge in [0.2, 0.25) is 5.78 Å². The number of nitrogens with zero attached hydrogens (tertiary/aromatic N) is 6. The molecule has 1 aromatic carbocycles. The van der Waals surface area contributed by atoms with Crippen molar-refractivity contribution < 1.29 is 13.2 Å². The summed E-state index contributed by atoms with van der Waals surface area (Å²) in [6.45, 7) is 2.02. The Morgan fingerprint density at radius 3 is 2.72 bits per heavy atom. The third-order valence-corrected chi connectivity index (χ3v) is 7.68. The van der Waals surface area contributed by atoms with E-state index < -0.39 is 22.2 Å². The largest absolute Gasteiger partial charge is 0.307 e. The SMILES string of the molecule is Cc1ccc2c(c1)c(=O)n(C)c1nnc(CN3C(=O)C4CCCCN4S3(=O)=O)n21. The summed E-state index contributed by atoms with van der Waals surface area (Å²) < 4.78 is 31.1. The minimum absolute atomic E-state index is 0.211. The van der Waals surface area contributed by atoms with Crippen LogP contribution in [0.1, 0.15) is 30.7 Å². The van der Waals surface area contributed by atoms with E-state index in [2.05, 4.69) is 10.2 Å². The summed E-state index contributed by atoms with van der Waals surface area (Å²) >= 11 is 0. The molecule has 0 radical (unpaired) electrons. The van der Waals surface area contributed by atoms with Crippen LogP contribution in [-0.4, -0.2) is 54.7 Å². The predicted molar refractivity (Wildman–Crippen MR) is 104 cm³/mol. The fourth-order valence-corrected chi connectivity index (χ4v) is 6.04. The van der Waals surface area contributed by atoms with Crippen molar-refractivity contribution in [3.63, 3.8) is 0 Å². The zero-order valence-electron chi connectivity index (χ0n) is 16.1. The lowest BCUT2D eigenvalue weighted by Gasteiger charge is -2.24. The zero-order chi connectivity index (χ0) is 20.5. The number of carbonyl (C=O) groups is 1. The standard InChI is InChI=1S/C18H20N6O4S/c1-11-6-7-13-12(9-11)16(25)21(2)18-20-19-15(24(13)18)10-23-17(26)14-5-3-4-8-22(14)29(23,27)28/h6-7,9,14H,3-5,8,10H2,1-2H3. The quantitative estimate of drug-likeness (QED) is 0.596. The van der Waals surface area contributed by atoms with Crippen LogP contribution in [0.5, 0.6) is 0 Å². The molecule has 1 unspecified atom stereocenters. The van der Waals surface area contributed by atoms with Gasteiger partial charge in [0, 0.05) is 13.6 Å². The molecular formula is C18H20N6O4S. The zero-order valence-corrected chi connectivity index (χ0v) is 16.9. The van der Waals surface area contributed by atoms with Gasteiger partial charge in [-0.25, -0.2) is 4.31 Å². The van der Waals surface area contributed by atoms with E-state index in [-0.39, 0.29) is 12.1 Å². The Morgan fingerprint density at radius 2 is 1.97 bits per heavy atom. The lowest BCUT2D eigenvalue weighted by Crippen LogP contribution is -2.39. The van der Waals surface area contributed by atoms with Gasteiger partial charge in [-0.2, -0.15) is 12.7 Å². The fraction of sp³-hybridized carbons (Fsp3) is 0.444. The summed E-state index contributed by atoms with van der Waals surface area (Å²) in [6, 6.07) is 4.80. The molecule has 152 valence electrons. The molecule has 1 amide bonds. The van der Waals surface area contributed by atoms with Gasteiger partial charge in [-0.05, 0) is 31.9 Å². The van der Waals surface area contributed by atoms with Gasteiger partial charge in [0.15, 0.2) is 5.82 Å². The number of hydrogen-bond acceptors (Lipinski definition) is 6. The second kappa shape index (κ2) is 6.10. The number of amides is 1. The average molecular weight is 416 g/mol. The minimum Gasteiger partial charge on any atom is -0.279 e. The third kappa shape index (κ3) is 2.47. The van der Waals surface area contributed by atoms with E-state index in [0.29, 0.717) is 35.5 Å². The Labute approximate surface area is 166 Å². The summed E-state index contributed by atoms with van der Waals surface area (Å²) in [4.78, 5) is 25.5. The first kappa shape index (κ1) is 18.3. The van der Waals surface area contributed by atoms with Gasteiger partial charge >= 0.3 is 10.2 Å². The second-order valence-electron chi connectivity index (χ2n) is 7.61. The van der Waals surface area contributed by atoms with E-state index in [1.807, 2.05) is 13.0 Å². The van der Waals surface area contributed by atoms with E-state index in [1.54, 1.807) is 23.6 Å². The van der Waals surface area contributed by atoms with Crippen LogP contribution in [0.2, 0.25) is 0 Å². The Bertz CT molecular complexity index is 1340. The van der Waals surface area contributed by atoms with Crippen molar-refractivity contribution in [3.05, 3.63) is 39.9 Å². The Kier molecular flexibility index (Phi) is 3.84. The first-order chi connectivity index (χ1) is 13.8. The first-order valence-electron chi connectivity index (χ1n) is 9.47. The number of aromatic nitrogens is 4. The van der Waals surface area contributed by atoms with E-state index in [9.17, 15) is 18.0 Å². The van der Waals surface area contributed by atoms with Crippen LogP contribution in [0.3, 0.4) is 0 Å². The van der Waals surface area contributed by atoms with Gasteiger partial charge < -0.3 is 0 Å². The number of piperidine rings is 1. The first-order valence-corrected chi connectivity index (χ1v) is 10.9. The van der Waals surface area contributed by atoms with Crippen LogP contribution in [0.15, 0.2) is 23.0 Å². The highest BCUT2D eigenvalue weighted by Crippen LogP contribution is 2.32. The van der Waals surface area contributed by atoms with Gasteiger partial charge in [-0.15, -0.1) is 10.2 Å². The van der Waals surface area contributed by atoms with Crippen LogP contribution < -0.4 is 5.56 Å². The molecule has 0 spiro atoms. The van der Waals surface area contributed by atoms with Gasteiger partial charge in [0.1, 0.15) is 6.04 Å². The molecule has 2 saturated heterocycles. The van der Waals surface area contributed by atoms with Gasteiger partial charge in [0.05, 0.1) is 17.4 Å². The molecule has 2 aliphatic heterocycles. The normalized spacial score (nSPS) is 21.9. The second-order valence-corrected chi connectivity index (χ2v) is 9.42. The van der Waals surface area contributed by atoms with Crippen molar-refractivity contribution in [2.45, 2.75) is 38.8 Å².